The molecular weight excluding hydrogens is 544 g/mol. The number of aliphatic hydroxyl groups is 1. The maximum atomic E-state index is 13.6. The van der Waals surface area contributed by atoms with E-state index in [1.54, 1.807) is 4.68 Å². The van der Waals surface area contributed by atoms with Gasteiger partial charge in [-0.15, -0.1) is 0 Å². The van der Waals surface area contributed by atoms with E-state index >= 15 is 0 Å². The smallest absolute Gasteiger partial charge is 0.281 e. The lowest BCUT2D eigenvalue weighted by Crippen LogP contribution is -2.49. The molecule has 2 aromatic carbocycles. The van der Waals surface area contributed by atoms with Crippen molar-refractivity contribution in [1.29, 1.82) is 0 Å². The Morgan fingerprint density at radius 3 is 2.51 bits per heavy atom. The average molecular weight is 585 g/mol. The number of morpholine rings is 1. The summed E-state index contributed by atoms with van der Waals surface area (Å²) in [4.78, 5) is 35.4. The van der Waals surface area contributed by atoms with Gasteiger partial charge in [0.1, 0.15) is 5.52 Å². The Morgan fingerprint density at radius 1 is 1.02 bits per heavy atom. The molecule has 2 aliphatic rings. The van der Waals surface area contributed by atoms with Crippen LogP contribution in [0.25, 0.3) is 22.3 Å². The summed E-state index contributed by atoms with van der Waals surface area (Å²) < 4.78 is 8.65. The first-order valence-electron chi connectivity index (χ1n) is 15.2. The Morgan fingerprint density at radius 2 is 1.77 bits per heavy atom. The predicted octanol–water partition coefficient (Wildman–Crippen LogP) is 3.18. The van der Waals surface area contributed by atoms with Gasteiger partial charge in [-0.1, -0.05) is 55.5 Å². The summed E-state index contributed by atoms with van der Waals surface area (Å²) in [6.45, 7) is 7.24. The Labute approximate surface area is 251 Å². The highest BCUT2D eigenvalue weighted by Crippen LogP contribution is 2.29. The van der Waals surface area contributed by atoms with Crippen molar-refractivity contribution >= 4 is 16.9 Å². The van der Waals surface area contributed by atoms with Gasteiger partial charge >= 0.3 is 0 Å². The number of aryl methyl sites for hydroxylation is 1. The maximum Gasteiger partial charge on any atom is 0.281 e. The van der Waals surface area contributed by atoms with Crippen LogP contribution in [0.15, 0.2) is 65.7 Å². The van der Waals surface area contributed by atoms with Crippen LogP contribution in [-0.4, -0.2) is 85.1 Å². The molecule has 1 unspecified atom stereocenters. The van der Waals surface area contributed by atoms with Crippen LogP contribution in [0.3, 0.4) is 0 Å². The minimum Gasteiger partial charge on any atom is -0.388 e. The lowest BCUT2D eigenvalue weighted by molar-refractivity contribution is -0.136. The number of hydrogen-bond donors (Lipinski definition) is 1. The minimum atomic E-state index is -1.10. The van der Waals surface area contributed by atoms with Crippen molar-refractivity contribution in [3.63, 3.8) is 0 Å². The predicted molar refractivity (Wildman–Crippen MR) is 165 cm³/mol. The van der Waals surface area contributed by atoms with Crippen LogP contribution in [0.2, 0.25) is 0 Å². The number of benzene rings is 2. The first-order chi connectivity index (χ1) is 20.8. The normalized spacial score (nSPS) is 18.2. The quantitative estimate of drug-likeness (QED) is 0.339. The summed E-state index contributed by atoms with van der Waals surface area (Å²) in [5.74, 6) is 0.218. The van der Waals surface area contributed by atoms with Crippen LogP contribution in [0.1, 0.15) is 43.2 Å². The third-order valence-corrected chi connectivity index (χ3v) is 8.88. The van der Waals surface area contributed by atoms with Crippen LogP contribution in [0, 0.1) is 0 Å². The van der Waals surface area contributed by atoms with E-state index in [4.69, 9.17) is 4.74 Å². The van der Waals surface area contributed by atoms with Crippen molar-refractivity contribution < 1.29 is 14.6 Å². The Balaban J connectivity index is 1.14. The fraction of sp³-hybridized carbons (Fsp3) is 0.455. The highest BCUT2D eigenvalue weighted by molar-refractivity contribution is 5.89. The zero-order valence-corrected chi connectivity index (χ0v) is 25.0. The molecule has 1 N–H and O–H groups in total. The van der Waals surface area contributed by atoms with Gasteiger partial charge in [0, 0.05) is 51.8 Å². The average Bonchev–Trinajstić information content (AvgIpc) is 3.36. The topological polar surface area (TPSA) is 106 Å². The zero-order chi connectivity index (χ0) is 30.0. The first-order valence-corrected chi connectivity index (χ1v) is 15.2. The fourth-order valence-electron chi connectivity index (χ4n) is 6.30. The molecule has 2 aliphatic heterocycles. The number of carbonyl (C=O) groups is 1. The molecule has 43 heavy (non-hydrogen) atoms. The summed E-state index contributed by atoms with van der Waals surface area (Å²) in [6, 6.07) is 18.3. The van der Waals surface area contributed by atoms with Gasteiger partial charge in [-0.3, -0.25) is 23.7 Å². The van der Waals surface area contributed by atoms with Crippen molar-refractivity contribution in [2.24, 2.45) is 7.05 Å². The number of amides is 1. The van der Waals surface area contributed by atoms with Gasteiger partial charge in [0.2, 0.25) is 5.91 Å². The number of rotatable bonds is 8. The molecule has 0 radical (unpaired) electrons. The van der Waals surface area contributed by atoms with Crippen LogP contribution in [-0.2, 0) is 29.7 Å². The third kappa shape index (κ3) is 6.41. The van der Waals surface area contributed by atoms with Gasteiger partial charge in [0.15, 0.2) is 5.52 Å². The van der Waals surface area contributed by atoms with E-state index < -0.39 is 5.60 Å². The second kappa shape index (κ2) is 12.4. The van der Waals surface area contributed by atoms with Gasteiger partial charge in [0.05, 0.1) is 37.4 Å². The summed E-state index contributed by atoms with van der Waals surface area (Å²) in [7, 11) is 1.83. The van der Waals surface area contributed by atoms with E-state index in [1.165, 1.54) is 16.5 Å². The van der Waals surface area contributed by atoms with Crippen molar-refractivity contribution in [1.82, 2.24) is 29.1 Å². The Hall–Kier alpha value is -3.86. The molecule has 4 heterocycles. The van der Waals surface area contributed by atoms with E-state index in [2.05, 4.69) is 34.0 Å². The largest absolute Gasteiger partial charge is 0.388 e. The number of carbonyl (C=O) groups excluding carboxylic acids is 1. The maximum absolute atomic E-state index is 13.6. The molecule has 2 saturated heterocycles. The molecule has 0 bridgehead atoms. The number of likely N-dealkylation sites (tertiary alicyclic amines) is 1. The fourth-order valence-corrected chi connectivity index (χ4v) is 6.30. The number of nitrogens with zero attached hydrogens (tertiary/aromatic N) is 6. The van der Waals surface area contributed by atoms with Crippen LogP contribution in [0.5, 0.6) is 0 Å². The molecule has 2 aromatic heterocycles. The van der Waals surface area contributed by atoms with Gasteiger partial charge in [-0.25, -0.2) is 4.98 Å². The second-order valence-corrected chi connectivity index (χ2v) is 12.1. The highest BCUT2D eigenvalue weighted by atomic mass is 16.5. The van der Waals surface area contributed by atoms with Gasteiger partial charge in [-0.05, 0) is 36.0 Å². The van der Waals surface area contributed by atoms with Crippen LogP contribution in [0.4, 0.5) is 0 Å². The molecule has 1 amide bonds. The zero-order valence-electron chi connectivity index (χ0n) is 25.0. The summed E-state index contributed by atoms with van der Waals surface area (Å²) >= 11 is 0. The van der Waals surface area contributed by atoms with E-state index in [-0.39, 0.29) is 29.4 Å². The van der Waals surface area contributed by atoms with E-state index in [0.29, 0.717) is 37.9 Å². The minimum absolute atomic E-state index is 0.0914. The van der Waals surface area contributed by atoms with Crippen LogP contribution < -0.4 is 5.56 Å². The molecule has 10 heteroatoms. The van der Waals surface area contributed by atoms with Gasteiger partial charge in [-0.2, -0.15) is 5.10 Å². The van der Waals surface area contributed by atoms with Crippen LogP contribution >= 0.6 is 0 Å². The molecule has 10 nitrogen and oxygen atoms in total. The van der Waals surface area contributed by atoms with E-state index in [0.717, 1.165) is 49.7 Å². The molecule has 0 saturated carbocycles. The van der Waals surface area contributed by atoms with E-state index in [9.17, 15) is 14.7 Å². The number of piperidine rings is 1. The summed E-state index contributed by atoms with van der Waals surface area (Å²) in [6.07, 6.45) is 2.74. The Bertz CT molecular complexity index is 1630. The lowest BCUT2D eigenvalue weighted by Gasteiger charge is -2.38. The number of hydrogen-bond acceptors (Lipinski definition) is 7. The van der Waals surface area contributed by atoms with Crippen molar-refractivity contribution in [3.05, 3.63) is 82.4 Å². The molecule has 1 atom stereocenters. The van der Waals surface area contributed by atoms with Gasteiger partial charge in [0.25, 0.3) is 5.56 Å². The van der Waals surface area contributed by atoms with Crippen molar-refractivity contribution in [2.45, 2.75) is 50.8 Å². The molecule has 0 aliphatic carbocycles. The number of ether oxygens (including phenoxy) is 1. The number of fused-ring (bicyclic) bond motifs is 1. The number of aromatic nitrogens is 4. The lowest BCUT2D eigenvalue weighted by atomic mass is 9.90. The SMILES string of the molecule is CC(CC(=O)N1CCC(O)(Cn2cnc3c(-c4cccc(CN5CCOCC5)c4)n(C)nc3c2=O)CC1)c1ccccc1. The molecule has 4 aromatic rings. The summed E-state index contributed by atoms with van der Waals surface area (Å²) in [5.41, 5.74) is 3.52. The summed E-state index contributed by atoms with van der Waals surface area (Å²) in [5, 5.41) is 16.0. The van der Waals surface area contributed by atoms with Gasteiger partial charge < -0.3 is 14.7 Å². The van der Waals surface area contributed by atoms with Crippen molar-refractivity contribution in [3.8, 4) is 11.3 Å². The van der Waals surface area contributed by atoms with E-state index in [1.807, 2.05) is 54.4 Å². The second-order valence-electron chi connectivity index (χ2n) is 12.1. The molecule has 226 valence electrons. The van der Waals surface area contributed by atoms with Crippen molar-refractivity contribution in [2.75, 3.05) is 39.4 Å². The Kier molecular flexibility index (Phi) is 8.43. The molecule has 6 rings (SSSR count). The first kappa shape index (κ1) is 29.2. The third-order valence-electron chi connectivity index (χ3n) is 8.88. The monoisotopic (exact) mass is 584 g/mol. The highest BCUT2D eigenvalue weighted by Gasteiger charge is 2.35. The molecule has 2 fully saturated rings. The standard InChI is InChI=1S/C33H40N6O4/c1-24(26-8-4-3-5-9-26)19-28(40)38-13-11-33(42,12-14-38)22-39-23-34-29-30(32(39)41)35-36(2)31(29)27-10-6-7-25(20-27)21-37-15-17-43-18-16-37/h3-10,20,23-24,42H,11-19,21-22H2,1-2H3. The molecule has 0 spiro atoms. The molecular formula is C33H40N6O4.